The molecule has 0 saturated carbocycles. The molecule has 2 aromatic heterocycles. The summed E-state index contributed by atoms with van der Waals surface area (Å²) < 4.78 is 5.67. The summed E-state index contributed by atoms with van der Waals surface area (Å²) in [4.78, 5) is 23.0. The second kappa shape index (κ2) is 9.31. The van der Waals surface area contributed by atoms with Gasteiger partial charge >= 0.3 is 5.97 Å². The van der Waals surface area contributed by atoms with Crippen LogP contribution in [0.3, 0.4) is 0 Å². The quantitative estimate of drug-likeness (QED) is 0.358. The molecule has 0 bridgehead atoms. The molecule has 6 nitrogen and oxygen atoms in total. The van der Waals surface area contributed by atoms with Gasteiger partial charge in [0.25, 0.3) is 0 Å². The van der Waals surface area contributed by atoms with E-state index in [0.717, 1.165) is 27.6 Å². The van der Waals surface area contributed by atoms with Crippen LogP contribution in [0.1, 0.15) is 27.0 Å². The van der Waals surface area contributed by atoms with Gasteiger partial charge in [0.15, 0.2) is 5.75 Å². The van der Waals surface area contributed by atoms with Gasteiger partial charge in [0.1, 0.15) is 12.9 Å². The topological polar surface area (TPSA) is 88.1 Å². The molecule has 3 aromatic carbocycles. The number of ether oxygens (including phenoxy) is 1. The van der Waals surface area contributed by atoms with E-state index in [1.807, 2.05) is 60.8 Å². The first-order valence-corrected chi connectivity index (χ1v) is 10.6. The predicted molar refractivity (Wildman–Crippen MR) is 129 cm³/mol. The van der Waals surface area contributed by atoms with E-state index < -0.39 is 5.97 Å². The first-order chi connectivity index (χ1) is 16.7. The van der Waals surface area contributed by atoms with Crippen molar-refractivity contribution >= 4 is 16.9 Å². The number of fused-ring (bicyclic) bond motifs is 1. The number of nitrogens with zero attached hydrogens (tertiary/aromatic N) is 2. The summed E-state index contributed by atoms with van der Waals surface area (Å²) in [6.07, 6.45) is 6.55. The lowest BCUT2D eigenvalue weighted by Gasteiger charge is -2.10. The molecule has 0 aliphatic carbocycles. The van der Waals surface area contributed by atoms with Crippen LogP contribution in [0.2, 0.25) is 0 Å². The van der Waals surface area contributed by atoms with Crippen LogP contribution in [0.15, 0.2) is 91.6 Å². The maximum Gasteiger partial charge on any atom is 0.336 e. The Morgan fingerprint density at radius 1 is 0.971 bits per heavy atom. The Bertz CT molecular complexity index is 1530. The van der Waals surface area contributed by atoms with Gasteiger partial charge in [0.05, 0.1) is 18.0 Å². The second-order valence-electron chi connectivity index (χ2n) is 7.62. The molecule has 34 heavy (non-hydrogen) atoms. The number of hydrogen-bond acceptors (Lipinski definition) is 4. The van der Waals surface area contributed by atoms with E-state index in [0.29, 0.717) is 23.5 Å². The number of rotatable bonds is 5. The molecule has 5 rings (SSSR count). The van der Waals surface area contributed by atoms with Gasteiger partial charge in [0.2, 0.25) is 0 Å². The number of benzene rings is 3. The van der Waals surface area contributed by atoms with E-state index in [2.05, 4.69) is 26.8 Å². The molecule has 0 spiro atoms. The largest absolute Gasteiger partial charge is 0.486 e. The van der Waals surface area contributed by atoms with Crippen LogP contribution in [0.4, 0.5) is 0 Å². The average Bonchev–Trinajstić information content (AvgIpc) is 3.35. The lowest BCUT2D eigenvalue weighted by atomic mass is 9.93. The molecule has 2 heterocycles. The molecule has 2 N–H and O–H groups in total. The van der Waals surface area contributed by atoms with Gasteiger partial charge in [-0.05, 0) is 52.9 Å². The van der Waals surface area contributed by atoms with Crippen LogP contribution in [0.25, 0.3) is 22.0 Å². The molecule has 0 saturated heterocycles. The number of hydrogen-bond donors (Lipinski definition) is 2. The highest BCUT2D eigenvalue weighted by Gasteiger charge is 2.15. The third-order valence-electron chi connectivity index (χ3n) is 5.38. The van der Waals surface area contributed by atoms with Gasteiger partial charge in [-0.2, -0.15) is 0 Å². The van der Waals surface area contributed by atoms with E-state index >= 15 is 0 Å². The van der Waals surface area contributed by atoms with E-state index in [1.54, 1.807) is 24.5 Å². The molecule has 5 aromatic rings. The highest BCUT2D eigenvalue weighted by atomic mass is 16.5. The van der Waals surface area contributed by atoms with Gasteiger partial charge in [0, 0.05) is 28.4 Å². The summed E-state index contributed by atoms with van der Waals surface area (Å²) in [5.41, 5.74) is 5.03. The molecular formula is C28H19N3O3. The minimum Gasteiger partial charge on any atom is -0.486 e. The summed E-state index contributed by atoms with van der Waals surface area (Å²) in [6.45, 7) is 0.396. The van der Waals surface area contributed by atoms with Crippen LogP contribution in [0.5, 0.6) is 5.75 Å². The van der Waals surface area contributed by atoms with E-state index in [4.69, 9.17) is 4.74 Å². The Morgan fingerprint density at radius 2 is 1.79 bits per heavy atom. The summed E-state index contributed by atoms with van der Waals surface area (Å²) in [7, 11) is 0. The molecule has 0 aliphatic rings. The maximum absolute atomic E-state index is 12.0. The number of nitrogens with one attached hydrogen (secondary N) is 1. The van der Waals surface area contributed by atoms with E-state index in [9.17, 15) is 9.90 Å². The molecule has 0 unspecified atom stereocenters. The Balaban J connectivity index is 1.43. The van der Waals surface area contributed by atoms with Crippen molar-refractivity contribution in [2.24, 2.45) is 0 Å². The van der Waals surface area contributed by atoms with Gasteiger partial charge in [-0.15, -0.1) is 0 Å². The Morgan fingerprint density at radius 3 is 2.59 bits per heavy atom. The van der Waals surface area contributed by atoms with Crippen molar-refractivity contribution in [1.29, 1.82) is 0 Å². The number of aromatic amines is 1. The summed E-state index contributed by atoms with van der Waals surface area (Å²) >= 11 is 0. The van der Waals surface area contributed by atoms with Crippen LogP contribution < -0.4 is 4.74 Å². The molecule has 0 amide bonds. The number of carboxylic acid groups (broad SMARTS) is 1. The van der Waals surface area contributed by atoms with Gasteiger partial charge in [-0.1, -0.05) is 42.2 Å². The van der Waals surface area contributed by atoms with Crippen molar-refractivity contribution in [2.75, 3.05) is 0 Å². The van der Waals surface area contributed by atoms with Crippen LogP contribution >= 0.6 is 0 Å². The smallest absolute Gasteiger partial charge is 0.336 e. The molecule has 0 fully saturated rings. The Labute approximate surface area is 195 Å². The van der Waals surface area contributed by atoms with Crippen LogP contribution in [-0.2, 0) is 6.61 Å². The van der Waals surface area contributed by atoms with Crippen LogP contribution in [-0.4, -0.2) is 26.0 Å². The first kappa shape index (κ1) is 21.0. The van der Waals surface area contributed by atoms with E-state index in [1.165, 1.54) is 6.33 Å². The third-order valence-corrected chi connectivity index (χ3v) is 5.38. The number of aromatic carboxylic acids is 1. The molecule has 0 atom stereocenters. The average molecular weight is 445 g/mol. The second-order valence-corrected chi connectivity index (χ2v) is 7.62. The lowest BCUT2D eigenvalue weighted by Crippen LogP contribution is -2.01. The standard InChI is InChI=1S/C28H19N3O3/c32-28(33)25-3-1-2-22(27(25)23-11-10-21-12-13-31-26(21)14-23)9-8-19-4-6-20(7-5-19)17-34-24-15-29-18-30-16-24/h1-7,10-16,18,31H,17H2,(H,32,33). The maximum atomic E-state index is 12.0. The fourth-order valence-electron chi connectivity index (χ4n) is 3.70. The fourth-order valence-corrected chi connectivity index (χ4v) is 3.70. The zero-order valence-corrected chi connectivity index (χ0v) is 18.0. The molecule has 0 radical (unpaired) electrons. The van der Waals surface area contributed by atoms with Crippen molar-refractivity contribution in [3.05, 3.63) is 114 Å². The van der Waals surface area contributed by atoms with Crippen LogP contribution in [0, 0.1) is 11.8 Å². The predicted octanol–water partition coefficient (Wildman–Crippen LogP) is 5.30. The van der Waals surface area contributed by atoms with Crippen molar-refractivity contribution in [2.45, 2.75) is 6.61 Å². The molecule has 164 valence electrons. The normalized spacial score (nSPS) is 10.5. The fraction of sp³-hybridized carbons (Fsp3) is 0.0357. The minimum atomic E-state index is -0.988. The van der Waals surface area contributed by atoms with Gasteiger partial charge in [-0.25, -0.2) is 14.8 Å². The van der Waals surface area contributed by atoms with Gasteiger partial charge < -0.3 is 14.8 Å². The highest BCUT2D eigenvalue weighted by Crippen LogP contribution is 2.30. The highest BCUT2D eigenvalue weighted by molar-refractivity contribution is 5.99. The number of aromatic nitrogens is 3. The Kier molecular flexibility index (Phi) is 5.74. The summed E-state index contributed by atoms with van der Waals surface area (Å²) in [6, 6.07) is 20.7. The third kappa shape index (κ3) is 4.50. The number of carbonyl (C=O) groups is 1. The van der Waals surface area contributed by atoms with Gasteiger partial charge in [-0.3, -0.25) is 0 Å². The van der Waals surface area contributed by atoms with Crippen molar-refractivity contribution in [3.63, 3.8) is 0 Å². The van der Waals surface area contributed by atoms with Crippen molar-refractivity contribution in [1.82, 2.24) is 15.0 Å². The summed E-state index contributed by atoms with van der Waals surface area (Å²) in [5.74, 6) is 5.95. The summed E-state index contributed by atoms with van der Waals surface area (Å²) in [5, 5.41) is 10.9. The molecule has 6 heteroatoms. The molecular weight excluding hydrogens is 426 g/mol. The zero-order chi connectivity index (χ0) is 23.3. The first-order valence-electron chi connectivity index (χ1n) is 10.6. The Hall–Kier alpha value is -4.89. The lowest BCUT2D eigenvalue weighted by molar-refractivity contribution is 0.0697. The van der Waals surface area contributed by atoms with Crippen molar-refractivity contribution in [3.8, 4) is 28.7 Å². The van der Waals surface area contributed by atoms with E-state index in [-0.39, 0.29) is 5.56 Å². The van der Waals surface area contributed by atoms with Crippen molar-refractivity contribution < 1.29 is 14.6 Å². The molecule has 0 aliphatic heterocycles. The number of H-pyrrole nitrogens is 1. The zero-order valence-electron chi connectivity index (χ0n) is 18.0. The SMILES string of the molecule is O=C(O)c1cccc(C#Cc2ccc(COc3cncnc3)cc2)c1-c1ccc2cc[nH]c2c1. The minimum absolute atomic E-state index is 0.218. The number of carboxylic acids is 1. The monoisotopic (exact) mass is 445 g/mol.